The molecule has 0 fully saturated rings. The number of carbonyl (C=O) groups is 1. The van der Waals surface area contributed by atoms with Crippen LogP contribution in [0.3, 0.4) is 0 Å². The molecule has 2 N–H and O–H groups in total. The van der Waals surface area contributed by atoms with Crippen molar-refractivity contribution in [1.82, 2.24) is 4.98 Å². The third kappa shape index (κ3) is 1.31. The van der Waals surface area contributed by atoms with E-state index in [1.807, 2.05) is 6.92 Å². The topological polar surface area (TPSA) is 56.0 Å². The van der Waals surface area contributed by atoms with Gasteiger partial charge in [-0.3, -0.25) is 9.78 Å². The lowest BCUT2D eigenvalue weighted by Crippen LogP contribution is -2.12. The molecule has 3 heteroatoms. The van der Waals surface area contributed by atoms with Gasteiger partial charge in [-0.05, 0) is 18.6 Å². The Morgan fingerprint density at radius 1 is 1.70 bits per heavy atom. The Bertz CT molecular complexity index is 245. The van der Waals surface area contributed by atoms with E-state index in [-0.39, 0.29) is 1.43 Å². The first-order valence-electron chi connectivity index (χ1n) is 2.92. The van der Waals surface area contributed by atoms with Gasteiger partial charge < -0.3 is 5.73 Å². The van der Waals surface area contributed by atoms with Crippen molar-refractivity contribution in [2.45, 2.75) is 6.92 Å². The van der Waals surface area contributed by atoms with E-state index in [1.54, 1.807) is 18.3 Å². The van der Waals surface area contributed by atoms with E-state index in [2.05, 4.69) is 4.98 Å². The summed E-state index contributed by atoms with van der Waals surface area (Å²) in [6, 6.07) is 3.41. The second kappa shape index (κ2) is 2.47. The number of hydrogen-bond acceptors (Lipinski definition) is 2. The van der Waals surface area contributed by atoms with E-state index in [0.29, 0.717) is 5.69 Å². The Kier molecular flexibility index (Phi) is 1.67. The second-order valence-corrected chi connectivity index (χ2v) is 2.09. The number of nitrogens with zero attached hydrogens (tertiary/aromatic N) is 1. The molecule has 0 spiro atoms. The molecule has 1 amide bonds. The fourth-order valence-electron chi connectivity index (χ4n) is 0.614. The summed E-state index contributed by atoms with van der Waals surface area (Å²) in [7, 11) is 0. The molecule has 0 atom stereocenters. The molecule has 0 bridgehead atoms. The highest BCUT2D eigenvalue weighted by Crippen LogP contribution is 1.96. The molecule has 3 nitrogen and oxygen atoms in total. The van der Waals surface area contributed by atoms with Gasteiger partial charge in [0.15, 0.2) is 0 Å². The van der Waals surface area contributed by atoms with Crippen LogP contribution >= 0.6 is 0 Å². The average Bonchev–Trinajstić information content (AvgIpc) is 1.88. The molecule has 1 heterocycles. The average molecular weight is 138 g/mol. The number of aryl methyl sites for hydroxylation is 1. The van der Waals surface area contributed by atoms with Gasteiger partial charge in [0.1, 0.15) is 5.69 Å². The van der Waals surface area contributed by atoms with Crippen molar-refractivity contribution in [3.8, 4) is 0 Å². The van der Waals surface area contributed by atoms with E-state index in [4.69, 9.17) is 5.73 Å². The van der Waals surface area contributed by atoms with Crippen LogP contribution in [-0.2, 0) is 0 Å². The van der Waals surface area contributed by atoms with Crippen LogP contribution in [0.25, 0.3) is 0 Å². The first-order chi connectivity index (χ1) is 4.70. The zero-order valence-electron chi connectivity index (χ0n) is 5.66. The number of carbonyl (C=O) groups excluding carboxylic acids is 1. The van der Waals surface area contributed by atoms with E-state index in [1.165, 1.54) is 0 Å². The van der Waals surface area contributed by atoms with Crippen molar-refractivity contribution in [3.63, 3.8) is 0 Å². The Labute approximate surface area is 60.4 Å². The lowest BCUT2D eigenvalue weighted by atomic mass is 10.3. The van der Waals surface area contributed by atoms with Crippen LogP contribution in [0.2, 0.25) is 0 Å². The number of rotatable bonds is 1. The maximum absolute atomic E-state index is 10.5. The van der Waals surface area contributed by atoms with Gasteiger partial charge in [0.2, 0.25) is 0 Å². The monoisotopic (exact) mass is 138 g/mol. The van der Waals surface area contributed by atoms with Crippen LogP contribution in [0.1, 0.15) is 17.5 Å². The van der Waals surface area contributed by atoms with Gasteiger partial charge in [-0.2, -0.15) is 0 Å². The van der Waals surface area contributed by atoms with Crippen LogP contribution in [0, 0.1) is 6.92 Å². The van der Waals surface area contributed by atoms with Crippen molar-refractivity contribution >= 4 is 5.91 Å². The molecule has 1 aromatic rings. The van der Waals surface area contributed by atoms with Gasteiger partial charge in [-0.1, -0.05) is 6.07 Å². The first-order valence-corrected chi connectivity index (χ1v) is 2.92. The van der Waals surface area contributed by atoms with E-state index in [0.717, 1.165) is 5.56 Å². The molecule has 0 saturated heterocycles. The van der Waals surface area contributed by atoms with Crippen LogP contribution in [0.15, 0.2) is 18.3 Å². The molecular formula is C7H10N2O. The SMILES string of the molecule is Cc1ccc(C(N)=O)nc1.[HH]. The van der Waals surface area contributed by atoms with Crippen molar-refractivity contribution in [1.29, 1.82) is 0 Å². The van der Waals surface area contributed by atoms with Crippen molar-refractivity contribution < 1.29 is 6.22 Å². The number of amides is 1. The fourth-order valence-corrected chi connectivity index (χ4v) is 0.614. The first kappa shape index (κ1) is 6.74. The molecule has 0 aliphatic rings. The molecule has 0 aromatic carbocycles. The minimum absolute atomic E-state index is 0. The van der Waals surface area contributed by atoms with E-state index >= 15 is 0 Å². The van der Waals surface area contributed by atoms with Crippen LogP contribution in [-0.4, -0.2) is 10.9 Å². The summed E-state index contributed by atoms with van der Waals surface area (Å²) in [5.74, 6) is -0.486. The van der Waals surface area contributed by atoms with Gasteiger partial charge in [-0.15, -0.1) is 0 Å². The zero-order valence-corrected chi connectivity index (χ0v) is 5.66. The Balaban J connectivity index is 0.000001000. The largest absolute Gasteiger partial charge is 0.364 e. The highest BCUT2D eigenvalue weighted by molar-refractivity contribution is 5.90. The van der Waals surface area contributed by atoms with E-state index < -0.39 is 5.91 Å². The smallest absolute Gasteiger partial charge is 0.267 e. The van der Waals surface area contributed by atoms with Gasteiger partial charge in [-0.25, -0.2) is 0 Å². The van der Waals surface area contributed by atoms with Gasteiger partial charge in [0, 0.05) is 7.62 Å². The molecule has 54 valence electrons. The molecule has 0 unspecified atom stereocenters. The van der Waals surface area contributed by atoms with Gasteiger partial charge in [0.25, 0.3) is 5.91 Å². The minimum atomic E-state index is -0.486. The lowest BCUT2D eigenvalue weighted by molar-refractivity contribution is 0.0995. The predicted molar refractivity (Wildman–Crippen MR) is 39.6 cm³/mol. The van der Waals surface area contributed by atoms with Crippen LogP contribution in [0.5, 0.6) is 0 Å². The normalized spacial score (nSPS) is 9.30. The molecule has 10 heavy (non-hydrogen) atoms. The summed E-state index contributed by atoms with van der Waals surface area (Å²) in [5.41, 5.74) is 6.29. The highest BCUT2D eigenvalue weighted by Gasteiger charge is 1.97. The summed E-state index contributed by atoms with van der Waals surface area (Å²) < 4.78 is 0. The minimum Gasteiger partial charge on any atom is -0.364 e. The highest BCUT2D eigenvalue weighted by atomic mass is 16.1. The van der Waals surface area contributed by atoms with E-state index in [9.17, 15) is 4.79 Å². The Hall–Kier alpha value is -1.38. The second-order valence-electron chi connectivity index (χ2n) is 2.09. The van der Waals surface area contributed by atoms with Gasteiger partial charge >= 0.3 is 0 Å². The van der Waals surface area contributed by atoms with Crippen LogP contribution in [0.4, 0.5) is 0 Å². The lowest BCUT2D eigenvalue weighted by Gasteiger charge is -1.92. The zero-order chi connectivity index (χ0) is 7.56. The number of hydrogen-bond donors (Lipinski definition) is 1. The summed E-state index contributed by atoms with van der Waals surface area (Å²) in [6.45, 7) is 1.90. The van der Waals surface area contributed by atoms with Crippen molar-refractivity contribution in [2.24, 2.45) is 5.73 Å². The summed E-state index contributed by atoms with van der Waals surface area (Å²) in [6.07, 6.45) is 1.61. The molecule has 0 aliphatic heterocycles. The quantitative estimate of drug-likeness (QED) is 0.622. The summed E-state index contributed by atoms with van der Waals surface area (Å²) >= 11 is 0. The van der Waals surface area contributed by atoms with Gasteiger partial charge in [0.05, 0.1) is 0 Å². The van der Waals surface area contributed by atoms with Crippen molar-refractivity contribution in [2.75, 3.05) is 0 Å². The molecule has 1 aromatic heterocycles. The maximum atomic E-state index is 10.5. The third-order valence-corrected chi connectivity index (χ3v) is 1.16. The molecule has 0 aliphatic carbocycles. The molecule has 0 radical (unpaired) electrons. The summed E-state index contributed by atoms with van der Waals surface area (Å²) in [4.78, 5) is 14.3. The van der Waals surface area contributed by atoms with Crippen LogP contribution < -0.4 is 5.73 Å². The maximum Gasteiger partial charge on any atom is 0.267 e. The Morgan fingerprint density at radius 3 is 2.80 bits per heavy atom. The standard InChI is InChI=1S/C7H8N2O.H2/c1-5-2-3-6(7(8)10)9-4-5;/h2-4H,1H3,(H2,8,10);1H. The fraction of sp³-hybridized carbons (Fsp3) is 0.143. The number of primary amides is 1. The van der Waals surface area contributed by atoms with Crippen molar-refractivity contribution in [3.05, 3.63) is 29.6 Å². The Morgan fingerprint density at radius 2 is 2.40 bits per heavy atom. The third-order valence-electron chi connectivity index (χ3n) is 1.16. The number of nitrogens with two attached hydrogens (primary N) is 1. The molecular weight excluding hydrogens is 128 g/mol. The number of pyridine rings is 1. The summed E-state index contributed by atoms with van der Waals surface area (Å²) in [5, 5.41) is 0. The number of aromatic nitrogens is 1. The predicted octanol–water partition coefficient (Wildman–Crippen LogP) is 0.735. The molecule has 0 saturated carbocycles. The molecule has 1 rings (SSSR count).